The number of carbonyl (C=O) groups is 2. The van der Waals surface area contributed by atoms with Crippen molar-refractivity contribution in [2.75, 3.05) is 32.2 Å². The highest BCUT2D eigenvalue weighted by Gasteiger charge is 2.36. The minimum absolute atomic E-state index is 0.134. The van der Waals surface area contributed by atoms with Crippen molar-refractivity contribution in [2.45, 2.75) is 12.8 Å². The van der Waals surface area contributed by atoms with Gasteiger partial charge in [0, 0.05) is 25.6 Å². The van der Waals surface area contributed by atoms with Crippen molar-refractivity contribution < 1.29 is 23.5 Å². The highest BCUT2D eigenvalue weighted by Crippen LogP contribution is 2.36. The van der Waals surface area contributed by atoms with E-state index in [4.69, 9.17) is 9.47 Å². The van der Waals surface area contributed by atoms with Crippen LogP contribution in [-0.4, -0.2) is 39.1 Å². The Balaban J connectivity index is 1.60. The minimum atomic E-state index is -0.434. The zero-order valence-electron chi connectivity index (χ0n) is 15.9. The van der Waals surface area contributed by atoms with Crippen molar-refractivity contribution in [1.29, 1.82) is 0 Å². The Morgan fingerprint density at radius 1 is 1.18 bits per heavy atom. The van der Waals surface area contributed by atoms with E-state index in [1.165, 1.54) is 19.2 Å². The predicted octanol–water partition coefficient (Wildman–Crippen LogP) is 2.55. The predicted molar refractivity (Wildman–Crippen MR) is 103 cm³/mol. The van der Waals surface area contributed by atoms with E-state index in [-0.39, 0.29) is 30.6 Å². The second kappa shape index (κ2) is 8.73. The van der Waals surface area contributed by atoms with E-state index < -0.39 is 5.92 Å². The Morgan fingerprint density at radius 2 is 1.93 bits per heavy atom. The first-order chi connectivity index (χ1) is 13.5. The number of rotatable bonds is 7. The number of methoxy groups -OCH3 is 2. The summed E-state index contributed by atoms with van der Waals surface area (Å²) in [6.45, 7) is 0.711. The van der Waals surface area contributed by atoms with Gasteiger partial charge in [-0.05, 0) is 36.2 Å². The molecule has 1 aliphatic rings. The molecule has 0 bridgehead atoms. The van der Waals surface area contributed by atoms with Crippen molar-refractivity contribution in [3.63, 3.8) is 0 Å². The quantitative estimate of drug-likeness (QED) is 0.794. The number of nitrogens with zero attached hydrogens (tertiary/aromatic N) is 1. The first-order valence-electron chi connectivity index (χ1n) is 9.06. The topological polar surface area (TPSA) is 67.9 Å². The number of benzene rings is 2. The van der Waals surface area contributed by atoms with Gasteiger partial charge in [-0.2, -0.15) is 0 Å². The average molecular weight is 386 g/mol. The summed E-state index contributed by atoms with van der Waals surface area (Å²) >= 11 is 0. The number of hydrogen-bond donors (Lipinski definition) is 1. The molecule has 1 atom stereocenters. The molecule has 1 heterocycles. The van der Waals surface area contributed by atoms with E-state index in [9.17, 15) is 14.0 Å². The van der Waals surface area contributed by atoms with Crippen LogP contribution in [0, 0.1) is 11.7 Å². The molecule has 1 fully saturated rings. The van der Waals surface area contributed by atoms with Gasteiger partial charge in [0.05, 0.1) is 25.8 Å². The minimum Gasteiger partial charge on any atom is -0.497 e. The maximum atomic E-state index is 12.9. The molecule has 2 amide bonds. The van der Waals surface area contributed by atoms with Gasteiger partial charge in [-0.15, -0.1) is 0 Å². The molecule has 0 spiro atoms. The van der Waals surface area contributed by atoms with Crippen LogP contribution in [0.2, 0.25) is 0 Å². The summed E-state index contributed by atoms with van der Waals surface area (Å²) in [5.41, 5.74) is 1.53. The normalized spacial score (nSPS) is 16.2. The van der Waals surface area contributed by atoms with Gasteiger partial charge < -0.3 is 19.7 Å². The molecule has 1 saturated heterocycles. The molecule has 0 aromatic heterocycles. The third kappa shape index (κ3) is 4.42. The van der Waals surface area contributed by atoms with Crippen LogP contribution in [0.4, 0.5) is 10.1 Å². The Morgan fingerprint density at radius 3 is 2.61 bits per heavy atom. The lowest BCUT2D eigenvalue weighted by atomic mass is 10.1. The van der Waals surface area contributed by atoms with E-state index in [1.54, 1.807) is 42.3 Å². The number of anilines is 1. The van der Waals surface area contributed by atoms with Crippen LogP contribution in [0.15, 0.2) is 42.5 Å². The molecule has 7 heteroatoms. The average Bonchev–Trinajstić information content (AvgIpc) is 3.10. The second-order valence-corrected chi connectivity index (χ2v) is 6.61. The lowest BCUT2D eigenvalue weighted by Crippen LogP contribution is -2.34. The lowest BCUT2D eigenvalue weighted by molar-refractivity contribution is -0.126. The number of amides is 2. The lowest BCUT2D eigenvalue weighted by Gasteiger charge is -2.20. The van der Waals surface area contributed by atoms with Crippen molar-refractivity contribution in [3.8, 4) is 11.5 Å². The van der Waals surface area contributed by atoms with Crippen molar-refractivity contribution >= 4 is 17.5 Å². The molecule has 6 nitrogen and oxygen atoms in total. The monoisotopic (exact) mass is 386 g/mol. The van der Waals surface area contributed by atoms with E-state index in [0.29, 0.717) is 30.2 Å². The van der Waals surface area contributed by atoms with Gasteiger partial charge in [0.2, 0.25) is 11.8 Å². The zero-order chi connectivity index (χ0) is 20.1. The molecule has 2 aromatic rings. The van der Waals surface area contributed by atoms with Gasteiger partial charge in [0.15, 0.2) is 0 Å². The molecule has 0 aliphatic carbocycles. The van der Waals surface area contributed by atoms with Gasteiger partial charge in [0.1, 0.15) is 17.3 Å². The highest BCUT2D eigenvalue weighted by atomic mass is 19.1. The fourth-order valence-electron chi connectivity index (χ4n) is 3.25. The van der Waals surface area contributed by atoms with Gasteiger partial charge in [0.25, 0.3) is 0 Å². The maximum Gasteiger partial charge on any atom is 0.227 e. The molecular formula is C21H23FN2O4. The SMILES string of the molecule is COc1ccc(OC)c(N2CC(C(=O)NCCc3ccc(F)cc3)CC2=O)c1. The molecule has 0 saturated carbocycles. The summed E-state index contributed by atoms with van der Waals surface area (Å²) in [5.74, 6) is 0.134. The van der Waals surface area contributed by atoms with E-state index in [2.05, 4.69) is 5.32 Å². The smallest absolute Gasteiger partial charge is 0.227 e. The fraction of sp³-hybridized carbons (Fsp3) is 0.333. The molecular weight excluding hydrogens is 363 g/mol. The fourth-order valence-corrected chi connectivity index (χ4v) is 3.25. The summed E-state index contributed by atoms with van der Waals surface area (Å²) in [6.07, 6.45) is 0.739. The molecule has 1 N–H and O–H groups in total. The zero-order valence-corrected chi connectivity index (χ0v) is 15.9. The third-order valence-electron chi connectivity index (χ3n) is 4.80. The first kappa shape index (κ1) is 19.7. The Kier molecular flexibility index (Phi) is 6.13. The van der Waals surface area contributed by atoms with Crippen LogP contribution < -0.4 is 19.7 Å². The summed E-state index contributed by atoms with van der Waals surface area (Å²) in [5, 5.41) is 2.86. The number of halogens is 1. The van der Waals surface area contributed by atoms with Crippen LogP contribution in [-0.2, 0) is 16.0 Å². The molecule has 0 radical (unpaired) electrons. The van der Waals surface area contributed by atoms with E-state index in [1.807, 2.05) is 0 Å². The van der Waals surface area contributed by atoms with Crippen LogP contribution in [0.1, 0.15) is 12.0 Å². The van der Waals surface area contributed by atoms with Gasteiger partial charge in [-0.3, -0.25) is 9.59 Å². The van der Waals surface area contributed by atoms with Crippen molar-refractivity contribution in [1.82, 2.24) is 5.32 Å². The number of ether oxygens (including phenoxy) is 2. The standard InChI is InChI=1S/C21H23FN2O4/c1-27-17-7-8-19(28-2)18(12-17)24-13-15(11-20(24)25)21(26)23-10-9-14-3-5-16(22)6-4-14/h3-8,12,15H,9-11,13H2,1-2H3,(H,23,26). The van der Waals surface area contributed by atoms with Crippen molar-refractivity contribution in [2.24, 2.45) is 5.92 Å². The second-order valence-electron chi connectivity index (χ2n) is 6.61. The van der Waals surface area contributed by atoms with E-state index >= 15 is 0 Å². The van der Waals surface area contributed by atoms with Gasteiger partial charge in [-0.1, -0.05) is 12.1 Å². The molecule has 1 aliphatic heterocycles. The molecule has 148 valence electrons. The summed E-state index contributed by atoms with van der Waals surface area (Å²) in [6, 6.07) is 11.4. The highest BCUT2D eigenvalue weighted by molar-refractivity contribution is 6.01. The van der Waals surface area contributed by atoms with Gasteiger partial charge in [-0.25, -0.2) is 4.39 Å². The Labute approximate surface area is 163 Å². The van der Waals surface area contributed by atoms with Crippen LogP contribution in [0.3, 0.4) is 0 Å². The Hall–Kier alpha value is -3.09. The summed E-state index contributed by atoms with van der Waals surface area (Å²) in [7, 11) is 3.08. The Bertz CT molecular complexity index is 854. The van der Waals surface area contributed by atoms with E-state index in [0.717, 1.165) is 5.56 Å². The number of nitrogens with one attached hydrogen (secondary N) is 1. The van der Waals surface area contributed by atoms with Gasteiger partial charge >= 0.3 is 0 Å². The van der Waals surface area contributed by atoms with Crippen LogP contribution in [0.25, 0.3) is 0 Å². The number of hydrogen-bond acceptors (Lipinski definition) is 4. The third-order valence-corrected chi connectivity index (χ3v) is 4.80. The molecule has 28 heavy (non-hydrogen) atoms. The molecule has 3 rings (SSSR count). The summed E-state index contributed by atoms with van der Waals surface area (Å²) < 4.78 is 23.5. The summed E-state index contributed by atoms with van der Waals surface area (Å²) in [4.78, 5) is 26.5. The van der Waals surface area contributed by atoms with Crippen LogP contribution in [0.5, 0.6) is 11.5 Å². The molecule has 2 aromatic carbocycles. The molecule has 1 unspecified atom stereocenters. The largest absolute Gasteiger partial charge is 0.497 e. The van der Waals surface area contributed by atoms with Crippen molar-refractivity contribution in [3.05, 3.63) is 53.8 Å². The van der Waals surface area contributed by atoms with Crippen LogP contribution >= 0.6 is 0 Å². The first-order valence-corrected chi connectivity index (χ1v) is 9.06. The maximum absolute atomic E-state index is 12.9. The number of carbonyl (C=O) groups excluding carboxylic acids is 2.